The molecule has 0 aliphatic heterocycles. The summed E-state index contributed by atoms with van der Waals surface area (Å²) in [7, 11) is 0. The predicted octanol–water partition coefficient (Wildman–Crippen LogP) is 2.03. The van der Waals surface area contributed by atoms with E-state index in [-0.39, 0.29) is 6.10 Å². The largest absolute Gasteiger partial charge is 0.366 e. The lowest BCUT2D eigenvalue weighted by Crippen LogP contribution is -2.09. The van der Waals surface area contributed by atoms with Crippen molar-refractivity contribution in [3.63, 3.8) is 0 Å². The molecule has 1 nitrogen and oxygen atoms in total. The van der Waals surface area contributed by atoms with Crippen molar-refractivity contribution >= 4 is 0 Å². The van der Waals surface area contributed by atoms with Crippen molar-refractivity contribution in [3.8, 4) is 11.8 Å². The zero-order valence-corrected chi connectivity index (χ0v) is 6.81. The lowest BCUT2D eigenvalue weighted by atomic mass is 10.3. The monoisotopic (exact) mass is 139 g/mol. The van der Waals surface area contributed by atoms with Crippen LogP contribution in [0.3, 0.4) is 0 Å². The molecule has 0 fully saturated rings. The van der Waals surface area contributed by atoms with Crippen LogP contribution in [0.15, 0.2) is 0 Å². The molecule has 0 aromatic carbocycles. The van der Waals surface area contributed by atoms with Gasteiger partial charge in [0.15, 0.2) is 0 Å². The predicted molar refractivity (Wildman–Crippen MR) is 43.5 cm³/mol. The molecule has 1 unspecified atom stereocenters. The maximum atomic E-state index is 5.34. The molecule has 0 saturated carbocycles. The van der Waals surface area contributed by atoms with Crippen LogP contribution in [-0.2, 0) is 4.74 Å². The van der Waals surface area contributed by atoms with Gasteiger partial charge in [0, 0.05) is 6.61 Å². The van der Waals surface area contributed by atoms with Gasteiger partial charge in [-0.05, 0) is 19.8 Å². The van der Waals surface area contributed by atoms with Gasteiger partial charge in [0.2, 0.25) is 0 Å². The average Bonchev–Trinajstić information content (AvgIpc) is 1.98. The van der Waals surface area contributed by atoms with Gasteiger partial charge in [-0.2, -0.15) is 0 Å². The molecule has 0 aromatic rings. The summed E-state index contributed by atoms with van der Waals surface area (Å²) < 4.78 is 5.34. The van der Waals surface area contributed by atoms with Gasteiger partial charge < -0.3 is 4.74 Å². The molecule has 1 atom stereocenters. The highest BCUT2D eigenvalue weighted by Crippen LogP contribution is 1.96. The van der Waals surface area contributed by atoms with Gasteiger partial charge in [-0.25, -0.2) is 0 Å². The Morgan fingerprint density at radius 2 is 2.30 bits per heavy atom. The minimum absolute atomic E-state index is 0.117. The maximum absolute atomic E-state index is 5.34. The van der Waals surface area contributed by atoms with Gasteiger partial charge in [0.25, 0.3) is 0 Å². The molecule has 0 amide bonds. The highest BCUT2D eigenvalue weighted by Gasteiger charge is 1.98. The Morgan fingerprint density at radius 3 is 2.70 bits per heavy atom. The van der Waals surface area contributed by atoms with Crippen LogP contribution in [0.4, 0.5) is 0 Å². The second-order valence-electron chi connectivity index (χ2n) is 2.02. The molecule has 1 radical (unpaired) electrons. The third-order valence-corrected chi connectivity index (χ3v) is 1.14. The Bertz CT molecular complexity index is 118. The molecule has 0 N–H and O–H groups in total. The fourth-order valence-corrected chi connectivity index (χ4v) is 0.648. The van der Waals surface area contributed by atoms with E-state index in [1.165, 1.54) is 0 Å². The highest BCUT2D eigenvalue weighted by atomic mass is 16.5. The Hall–Kier alpha value is -0.480. The van der Waals surface area contributed by atoms with E-state index < -0.39 is 0 Å². The molecular weight excluding hydrogens is 124 g/mol. The van der Waals surface area contributed by atoms with Gasteiger partial charge in [-0.1, -0.05) is 19.8 Å². The second-order valence-corrected chi connectivity index (χ2v) is 2.02. The Balaban J connectivity index is 3.46. The SMILES string of the molecule is [CH2]CCOC(C#CC)CC. The first-order chi connectivity index (χ1) is 4.85. The zero-order valence-electron chi connectivity index (χ0n) is 6.81. The zero-order chi connectivity index (χ0) is 7.82. The van der Waals surface area contributed by atoms with Crippen LogP contribution in [0.2, 0.25) is 0 Å². The molecule has 10 heavy (non-hydrogen) atoms. The van der Waals surface area contributed by atoms with Crippen LogP contribution >= 0.6 is 0 Å². The van der Waals surface area contributed by atoms with E-state index in [0.29, 0.717) is 6.61 Å². The summed E-state index contributed by atoms with van der Waals surface area (Å²) >= 11 is 0. The Morgan fingerprint density at radius 1 is 1.60 bits per heavy atom. The lowest BCUT2D eigenvalue weighted by molar-refractivity contribution is 0.0925. The van der Waals surface area contributed by atoms with E-state index >= 15 is 0 Å². The molecule has 0 rings (SSSR count). The molecular formula is C9H15O. The van der Waals surface area contributed by atoms with Crippen LogP contribution in [-0.4, -0.2) is 12.7 Å². The van der Waals surface area contributed by atoms with Crippen LogP contribution in [0.1, 0.15) is 26.7 Å². The summed E-state index contributed by atoms with van der Waals surface area (Å²) in [4.78, 5) is 0. The average molecular weight is 139 g/mol. The molecule has 0 aliphatic rings. The minimum Gasteiger partial charge on any atom is -0.366 e. The summed E-state index contributed by atoms with van der Waals surface area (Å²) in [5.41, 5.74) is 0. The van der Waals surface area contributed by atoms with Crippen molar-refractivity contribution in [1.82, 2.24) is 0 Å². The van der Waals surface area contributed by atoms with Gasteiger partial charge in [0.1, 0.15) is 6.10 Å². The van der Waals surface area contributed by atoms with E-state index in [9.17, 15) is 0 Å². The quantitative estimate of drug-likeness (QED) is 0.541. The first-order valence-corrected chi connectivity index (χ1v) is 3.68. The molecule has 0 saturated heterocycles. The summed E-state index contributed by atoms with van der Waals surface area (Å²) in [6, 6.07) is 0. The third-order valence-electron chi connectivity index (χ3n) is 1.14. The summed E-state index contributed by atoms with van der Waals surface area (Å²) in [5.74, 6) is 5.80. The van der Waals surface area contributed by atoms with E-state index in [1.807, 2.05) is 6.92 Å². The summed E-state index contributed by atoms with van der Waals surface area (Å²) in [6.07, 6.45) is 1.90. The fraction of sp³-hybridized carbons (Fsp3) is 0.667. The molecule has 57 valence electrons. The van der Waals surface area contributed by atoms with Crippen LogP contribution in [0, 0.1) is 18.8 Å². The second kappa shape index (κ2) is 6.64. The van der Waals surface area contributed by atoms with Crippen LogP contribution in [0.5, 0.6) is 0 Å². The van der Waals surface area contributed by atoms with Crippen molar-refractivity contribution in [2.75, 3.05) is 6.61 Å². The van der Waals surface area contributed by atoms with Gasteiger partial charge >= 0.3 is 0 Å². The third kappa shape index (κ3) is 4.40. The normalized spacial score (nSPS) is 11.9. The minimum atomic E-state index is 0.117. The number of hydrogen-bond acceptors (Lipinski definition) is 1. The molecule has 0 spiro atoms. The first-order valence-electron chi connectivity index (χ1n) is 3.68. The van der Waals surface area contributed by atoms with Crippen LogP contribution in [0.25, 0.3) is 0 Å². The highest BCUT2D eigenvalue weighted by molar-refractivity contribution is 5.01. The van der Waals surface area contributed by atoms with Crippen molar-refractivity contribution in [1.29, 1.82) is 0 Å². The maximum Gasteiger partial charge on any atom is 0.117 e. The number of hydrogen-bond donors (Lipinski definition) is 0. The Kier molecular flexibility index (Phi) is 6.32. The Labute approximate surface area is 63.8 Å². The molecule has 1 heteroatoms. The fourth-order valence-electron chi connectivity index (χ4n) is 0.648. The molecule has 0 aromatic heterocycles. The van der Waals surface area contributed by atoms with Crippen molar-refractivity contribution < 1.29 is 4.74 Å². The number of ether oxygens (including phenoxy) is 1. The van der Waals surface area contributed by atoms with Gasteiger partial charge in [0.05, 0.1) is 0 Å². The van der Waals surface area contributed by atoms with E-state index in [1.54, 1.807) is 0 Å². The molecule has 0 aliphatic carbocycles. The smallest absolute Gasteiger partial charge is 0.117 e. The van der Waals surface area contributed by atoms with E-state index in [0.717, 1.165) is 12.8 Å². The van der Waals surface area contributed by atoms with Crippen LogP contribution < -0.4 is 0 Å². The van der Waals surface area contributed by atoms with Crippen molar-refractivity contribution in [3.05, 3.63) is 6.92 Å². The number of rotatable bonds is 4. The summed E-state index contributed by atoms with van der Waals surface area (Å²) in [5, 5.41) is 0. The first kappa shape index (κ1) is 9.52. The molecule has 0 bridgehead atoms. The molecule has 0 heterocycles. The van der Waals surface area contributed by atoms with Gasteiger partial charge in [-0.3, -0.25) is 0 Å². The van der Waals surface area contributed by atoms with Gasteiger partial charge in [-0.15, -0.1) is 5.92 Å². The summed E-state index contributed by atoms with van der Waals surface area (Å²) in [6.45, 7) is 8.29. The lowest BCUT2D eigenvalue weighted by Gasteiger charge is -2.07. The van der Waals surface area contributed by atoms with Crippen molar-refractivity contribution in [2.24, 2.45) is 0 Å². The standard InChI is InChI=1S/C9H15O/c1-4-7-9(6-3)10-8-5-2/h9H,2,5-6,8H2,1,3H3. The topological polar surface area (TPSA) is 9.23 Å². The van der Waals surface area contributed by atoms with E-state index in [2.05, 4.69) is 25.7 Å². The van der Waals surface area contributed by atoms with Crippen molar-refractivity contribution in [2.45, 2.75) is 32.8 Å². The van der Waals surface area contributed by atoms with E-state index in [4.69, 9.17) is 4.74 Å².